The molecule has 5 nitrogen and oxygen atoms in total. The van der Waals surface area contributed by atoms with Crippen LogP contribution in [0.3, 0.4) is 0 Å². The molecule has 2 amide bonds. The topological polar surface area (TPSA) is 49.9 Å². The van der Waals surface area contributed by atoms with Gasteiger partial charge in [0.15, 0.2) is 11.6 Å². The van der Waals surface area contributed by atoms with E-state index >= 15 is 0 Å². The largest absolute Gasteiger partial charge is 0.491 e. The maximum absolute atomic E-state index is 13.9. The standard InChI is InChI=1S/C17H23FN2O3/c1-3-5-16(21)19-8-10-20(11-9-19)17(22)13-6-7-15(23-4-2)14(18)12-13/h6-7,12H,3-5,8-11H2,1-2H3. The zero-order chi connectivity index (χ0) is 16.8. The van der Waals surface area contributed by atoms with Crippen LogP contribution in [-0.2, 0) is 4.79 Å². The molecule has 0 spiro atoms. The molecule has 2 rings (SSSR count). The van der Waals surface area contributed by atoms with Crippen molar-refractivity contribution in [2.75, 3.05) is 32.8 Å². The molecule has 0 aromatic heterocycles. The van der Waals surface area contributed by atoms with E-state index in [0.29, 0.717) is 44.8 Å². The van der Waals surface area contributed by atoms with Gasteiger partial charge in [-0.1, -0.05) is 6.92 Å². The van der Waals surface area contributed by atoms with Crippen molar-refractivity contribution in [1.82, 2.24) is 9.80 Å². The number of carbonyl (C=O) groups is 2. The molecule has 0 atom stereocenters. The fraction of sp³-hybridized carbons (Fsp3) is 0.529. The Morgan fingerprint density at radius 3 is 2.35 bits per heavy atom. The first-order valence-corrected chi connectivity index (χ1v) is 8.06. The van der Waals surface area contributed by atoms with Crippen LogP contribution in [0.2, 0.25) is 0 Å². The predicted octanol–water partition coefficient (Wildman–Crippen LogP) is 2.31. The maximum atomic E-state index is 13.9. The van der Waals surface area contributed by atoms with Gasteiger partial charge in [0.25, 0.3) is 5.91 Å². The van der Waals surface area contributed by atoms with Gasteiger partial charge < -0.3 is 14.5 Å². The van der Waals surface area contributed by atoms with Gasteiger partial charge in [-0.3, -0.25) is 9.59 Å². The van der Waals surface area contributed by atoms with E-state index in [1.807, 2.05) is 6.92 Å². The summed E-state index contributed by atoms with van der Waals surface area (Å²) in [7, 11) is 0. The number of halogens is 1. The number of ether oxygens (including phenoxy) is 1. The number of amides is 2. The van der Waals surface area contributed by atoms with Crippen LogP contribution in [0.5, 0.6) is 5.75 Å². The highest BCUT2D eigenvalue weighted by molar-refractivity contribution is 5.94. The van der Waals surface area contributed by atoms with E-state index in [0.717, 1.165) is 6.42 Å². The Morgan fingerprint density at radius 1 is 1.13 bits per heavy atom. The van der Waals surface area contributed by atoms with Gasteiger partial charge >= 0.3 is 0 Å². The SMILES string of the molecule is CCCC(=O)N1CCN(C(=O)c2ccc(OCC)c(F)c2)CC1. The molecule has 0 saturated carbocycles. The molecular weight excluding hydrogens is 299 g/mol. The Labute approximate surface area is 136 Å². The van der Waals surface area contributed by atoms with Crippen molar-refractivity contribution >= 4 is 11.8 Å². The minimum atomic E-state index is -0.533. The summed E-state index contributed by atoms with van der Waals surface area (Å²) in [5.41, 5.74) is 0.305. The fourth-order valence-electron chi connectivity index (χ4n) is 2.62. The zero-order valence-corrected chi connectivity index (χ0v) is 13.7. The summed E-state index contributed by atoms with van der Waals surface area (Å²) in [5, 5.41) is 0. The third-order valence-electron chi connectivity index (χ3n) is 3.86. The molecule has 1 fully saturated rings. The molecular formula is C17H23FN2O3. The van der Waals surface area contributed by atoms with Crippen LogP contribution in [0.15, 0.2) is 18.2 Å². The van der Waals surface area contributed by atoms with Crippen LogP contribution < -0.4 is 4.74 Å². The number of benzene rings is 1. The predicted molar refractivity (Wildman–Crippen MR) is 85.0 cm³/mol. The van der Waals surface area contributed by atoms with Gasteiger partial charge in [0.2, 0.25) is 5.91 Å². The minimum absolute atomic E-state index is 0.131. The van der Waals surface area contributed by atoms with Crippen molar-refractivity contribution in [3.63, 3.8) is 0 Å². The first-order chi connectivity index (χ1) is 11.1. The molecule has 6 heteroatoms. The van der Waals surface area contributed by atoms with Crippen molar-refractivity contribution in [3.8, 4) is 5.75 Å². The van der Waals surface area contributed by atoms with E-state index in [1.54, 1.807) is 22.8 Å². The maximum Gasteiger partial charge on any atom is 0.254 e. The van der Waals surface area contributed by atoms with Gasteiger partial charge in [0, 0.05) is 38.2 Å². The second-order valence-corrected chi connectivity index (χ2v) is 5.50. The van der Waals surface area contributed by atoms with Crippen LogP contribution in [0.4, 0.5) is 4.39 Å². The third-order valence-corrected chi connectivity index (χ3v) is 3.86. The Morgan fingerprint density at radius 2 is 1.78 bits per heavy atom. The first-order valence-electron chi connectivity index (χ1n) is 8.06. The molecule has 1 heterocycles. The lowest BCUT2D eigenvalue weighted by molar-refractivity contribution is -0.132. The zero-order valence-electron chi connectivity index (χ0n) is 13.7. The molecule has 0 unspecified atom stereocenters. The minimum Gasteiger partial charge on any atom is -0.491 e. The molecule has 1 aliphatic heterocycles. The normalized spacial score (nSPS) is 14.7. The van der Waals surface area contributed by atoms with Crippen LogP contribution in [0.1, 0.15) is 37.0 Å². The number of carbonyl (C=O) groups excluding carboxylic acids is 2. The summed E-state index contributed by atoms with van der Waals surface area (Å²) < 4.78 is 19.0. The quantitative estimate of drug-likeness (QED) is 0.836. The van der Waals surface area contributed by atoms with Gasteiger partial charge in [0.1, 0.15) is 0 Å². The summed E-state index contributed by atoms with van der Waals surface area (Å²) >= 11 is 0. The van der Waals surface area contributed by atoms with Crippen LogP contribution in [0, 0.1) is 5.82 Å². The molecule has 0 N–H and O–H groups in total. The van der Waals surface area contributed by atoms with E-state index in [2.05, 4.69) is 0 Å². The highest BCUT2D eigenvalue weighted by Gasteiger charge is 2.24. The van der Waals surface area contributed by atoms with E-state index in [4.69, 9.17) is 4.74 Å². The molecule has 126 valence electrons. The summed E-state index contributed by atoms with van der Waals surface area (Å²) in [5.74, 6) is -0.463. The van der Waals surface area contributed by atoms with Crippen molar-refractivity contribution in [3.05, 3.63) is 29.6 Å². The van der Waals surface area contributed by atoms with E-state index in [9.17, 15) is 14.0 Å². The van der Waals surface area contributed by atoms with Gasteiger partial charge in [-0.15, -0.1) is 0 Å². The van der Waals surface area contributed by atoms with Gasteiger partial charge in [-0.25, -0.2) is 4.39 Å². The number of rotatable bonds is 5. The van der Waals surface area contributed by atoms with Crippen LogP contribution >= 0.6 is 0 Å². The molecule has 23 heavy (non-hydrogen) atoms. The first kappa shape index (κ1) is 17.2. The fourth-order valence-corrected chi connectivity index (χ4v) is 2.62. The molecule has 0 aliphatic carbocycles. The molecule has 1 saturated heterocycles. The monoisotopic (exact) mass is 322 g/mol. The van der Waals surface area contributed by atoms with Crippen LogP contribution in [0.25, 0.3) is 0 Å². The molecule has 1 aromatic carbocycles. The second-order valence-electron chi connectivity index (χ2n) is 5.50. The number of piperazine rings is 1. The summed E-state index contributed by atoms with van der Waals surface area (Å²) in [6.07, 6.45) is 1.36. The Balaban J connectivity index is 1.97. The number of nitrogens with zero attached hydrogens (tertiary/aromatic N) is 2. The van der Waals surface area contributed by atoms with Crippen LogP contribution in [-0.4, -0.2) is 54.4 Å². The lowest BCUT2D eigenvalue weighted by Gasteiger charge is -2.34. The molecule has 1 aliphatic rings. The summed E-state index contributed by atoms with van der Waals surface area (Å²) in [6, 6.07) is 4.26. The smallest absolute Gasteiger partial charge is 0.254 e. The number of hydrogen-bond acceptors (Lipinski definition) is 3. The van der Waals surface area contributed by atoms with Crippen molar-refractivity contribution < 1.29 is 18.7 Å². The Hall–Kier alpha value is -2.11. The average molecular weight is 322 g/mol. The van der Waals surface area contributed by atoms with Crippen molar-refractivity contribution in [2.45, 2.75) is 26.7 Å². The van der Waals surface area contributed by atoms with Crippen molar-refractivity contribution in [1.29, 1.82) is 0 Å². The molecule has 1 aromatic rings. The van der Waals surface area contributed by atoms with E-state index < -0.39 is 5.82 Å². The van der Waals surface area contributed by atoms with Gasteiger partial charge in [-0.2, -0.15) is 0 Å². The third kappa shape index (κ3) is 4.21. The highest BCUT2D eigenvalue weighted by atomic mass is 19.1. The van der Waals surface area contributed by atoms with E-state index in [1.165, 1.54) is 12.1 Å². The van der Waals surface area contributed by atoms with Crippen molar-refractivity contribution in [2.24, 2.45) is 0 Å². The summed E-state index contributed by atoms with van der Waals surface area (Å²) in [4.78, 5) is 27.7. The van der Waals surface area contributed by atoms with Gasteiger partial charge in [0.05, 0.1) is 6.61 Å². The molecule has 0 bridgehead atoms. The van der Waals surface area contributed by atoms with E-state index in [-0.39, 0.29) is 17.6 Å². The second kappa shape index (κ2) is 7.94. The Bertz CT molecular complexity index is 569. The molecule has 0 radical (unpaired) electrons. The highest BCUT2D eigenvalue weighted by Crippen LogP contribution is 2.20. The lowest BCUT2D eigenvalue weighted by atomic mass is 10.1. The Kier molecular flexibility index (Phi) is 5.96. The number of hydrogen-bond donors (Lipinski definition) is 0. The average Bonchev–Trinajstić information content (AvgIpc) is 2.56. The summed E-state index contributed by atoms with van der Waals surface area (Å²) in [6.45, 7) is 6.13. The van der Waals surface area contributed by atoms with Gasteiger partial charge in [-0.05, 0) is 31.5 Å². The lowest BCUT2D eigenvalue weighted by Crippen LogP contribution is -2.50.